The standard InChI is InChI=1S/C23H30N2O3S/c1-15-8-9-21(17(3)11-15)24-23(26)20-7-6-10-25(14-20)29(27,28)22-18(4)12-16(2)13-19(22)5/h8-9,11-13,20H,6-7,10,14H2,1-5H3,(H,24,26)/t20-/m1/s1. The Hall–Kier alpha value is -2.18. The van der Waals surface area contributed by atoms with E-state index >= 15 is 0 Å². The Labute approximate surface area is 174 Å². The molecule has 1 amide bonds. The number of aryl methyl sites for hydroxylation is 5. The number of amides is 1. The van der Waals surface area contributed by atoms with E-state index in [1.165, 1.54) is 4.31 Å². The molecule has 0 spiro atoms. The minimum atomic E-state index is -3.64. The summed E-state index contributed by atoms with van der Waals surface area (Å²) in [7, 11) is -3.64. The van der Waals surface area contributed by atoms with Crippen LogP contribution in [0.2, 0.25) is 0 Å². The number of nitrogens with zero attached hydrogens (tertiary/aromatic N) is 1. The van der Waals surface area contributed by atoms with Gasteiger partial charge in [0, 0.05) is 18.8 Å². The van der Waals surface area contributed by atoms with E-state index < -0.39 is 10.0 Å². The third-order valence-electron chi connectivity index (χ3n) is 5.60. The number of hydrogen-bond donors (Lipinski definition) is 1. The number of hydrogen-bond acceptors (Lipinski definition) is 3. The van der Waals surface area contributed by atoms with Gasteiger partial charge in [0.25, 0.3) is 0 Å². The molecule has 1 aliphatic heterocycles. The Kier molecular flexibility index (Phi) is 6.15. The maximum atomic E-state index is 13.4. The van der Waals surface area contributed by atoms with Crippen LogP contribution in [0, 0.1) is 40.5 Å². The van der Waals surface area contributed by atoms with Crippen molar-refractivity contribution in [3.8, 4) is 0 Å². The van der Waals surface area contributed by atoms with Crippen molar-refractivity contribution < 1.29 is 13.2 Å². The van der Waals surface area contributed by atoms with Crippen LogP contribution in [0.25, 0.3) is 0 Å². The average molecular weight is 415 g/mol. The number of piperidine rings is 1. The van der Waals surface area contributed by atoms with Crippen LogP contribution in [0.1, 0.15) is 40.7 Å². The van der Waals surface area contributed by atoms with Gasteiger partial charge in [-0.2, -0.15) is 4.31 Å². The molecule has 1 atom stereocenters. The number of anilines is 1. The van der Waals surface area contributed by atoms with E-state index in [2.05, 4.69) is 5.32 Å². The quantitative estimate of drug-likeness (QED) is 0.812. The van der Waals surface area contributed by atoms with Gasteiger partial charge in [0.2, 0.25) is 15.9 Å². The fraction of sp³-hybridized carbons (Fsp3) is 0.435. The van der Waals surface area contributed by atoms with Gasteiger partial charge < -0.3 is 5.32 Å². The minimum Gasteiger partial charge on any atom is -0.326 e. The highest BCUT2D eigenvalue weighted by Gasteiger charge is 2.35. The lowest BCUT2D eigenvalue weighted by Crippen LogP contribution is -2.44. The lowest BCUT2D eigenvalue weighted by molar-refractivity contribution is -0.120. The van der Waals surface area contributed by atoms with Crippen molar-refractivity contribution in [2.24, 2.45) is 5.92 Å². The highest BCUT2D eigenvalue weighted by Crippen LogP contribution is 2.29. The summed E-state index contributed by atoms with van der Waals surface area (Å²) in [6.45, 7) is 10.3. The Bertz CT molecular complexity index is 1020. The lowest BCUT2D eigenvalue weighted by Gasteiger charge is -2.32. The number of nitrogens with one attached hydrogen (secondary N) is 1. The van der Waals surface area contributed by atoms with Crippen molar-refractivity contribution in [2.75, 3.05) is 18.4 Å². The summed E-state index contributed by atoms with van der Waals surface area (Å²) >= 11 is 0. The highest BCUT2D eigenvalue weighted by molar-refractivity contribution is 7.89. The van der Waals surface area contributed by atoms with E-state index in [9.17, 15) is 13.2 Å². The number of benzene rings is 2. The van der Waals surface area contributed by atoms with Gasteiger partial charge in [0.15, 0.2) is 0 Å². The smallest absolute Gasteiger partial charge is 0.243 e. The first-order chi connectivity index (χ1) is 13.6. The van der Waals surface area contributed by atoms with Crippen LogP contribution >= 0.6 is 0 Å². The molecule has 0 bridgehead atoms. The van der Waals surface area contributed by atoms with Crippen molar-refractivity contribution in [3.05, 3.63) is 58.1 Å². The minimum absolute atomic E-state index is 0.116. The van der Waals surface area contributed by atoms with E-state index in [1.807, 2.05) is 65.0 Å². The molecule has 1 fully saturated rings. The van der Waals surface area contributed by atoms with Crippen molar-refractivity contribution in [3.63, 3.8) is 0 Å². The largest absolute Gasteiger partial charge is 0.326 e. The molecule has 1 aliphatic rings. The molecule has 3 rings (SSSR count). The van der Waals surface area contributed by atoms with Crippen molar-refractivity contribution >= 4 is 21.6 Å². The van der Waals surface area contributed by atoms with Crippen molar-refractivity contribution in [2.45, 2.75) is 52.4 Å². The van der Waals surface area contributed by atoms with E-state index in [4.69, 9.17) is 0 Å². The Balaban J connectivity index is 1.80. The summed E-state index contributed by atoms with van der Waals surface area (Å²) in [5.41, 5.74) is 5.48. The van der Waals surface area contributed by atoms with Gasteiger partial charge in [0.05, 0.1) is 10.8 Å². The van der Waals surface area contributed by atoms with Gasteiger partial charge >= 0.3 is 0 Å². The maximum absolute atomic E-state index is 13.4. The Morgan fingerprint density at radius 2 is 1.59 bits per heavy atom. The molecule has 0 unspecified atom stereocenters. The molecule has 6 heteroatoms. The van der Waals surface area contributed by atoms with Crippen LogP contribution < -0.4 is 5.32 Å². The first kappa shape index (κ1) is 21.5. The van der Waals surface area contributed by atoms with E-state index in [0.717, 1.165) is 33.5 Å². The number of carbonyl (C=O) groups excluding carboxylic acids is 1. The second-order valence-corrected chi connectivity index (χ2v) is 10.1. The van der Waals surface area contributed by atoms with Crippen LogP contribution in [0.5, 0.6) is 0 Å². The maximum Gasteiger partial charge on any atom is 0.243 e. The van der Waals surface area contributed by atoms with Crippen molar-refractivity contribution in [1.29, 1.82) is 0 Å². The fourth-order valence-corrected chi connectivity index (χ4v) is 6.20. The van der Waals surface area contributed by atoms with Crippen LogP contribution in [-0.2, 0) is 14.8 Å². The second-order valence-electron chi connectivity index (χ2n) is 8.24. The molecule has 5 nitrogen and oxygen atoms in total. The molecule has 2 aromatic carbocycles. The van der Waals surface area contributed by atoms with Crippen LogP contribution in [0.3, 0.4) is 0 Å². The van der Waals surface area contributed by atoms with Crippen LogP contribution in [0.4, 0.5) is 5.69 Å². The third kappa shape index (κ3) is 4.54. The molecular formula is C23H30N2O3S. The Morgan fingerprint density at radius 1 is 0.966 bits per heavy atom. The Morgan fingerprint density at radius 3 is 2.21 bits per heavy atom. The molecule has 0 radical (unpaired) electrons. The van der Waals surface area contributed by atoms with Gasteiger partial charge in [-0.05, 0) is 70.2 Å². The van der Waals surface area contributed by atoms with Gasteiger partial charge in [-0.3, -0.25) is 4.79 Å². The third-order valence-corrected chi connectivity index (χ3v) is 7.77. The average Bonchev–Trinajstić information content (AvgIpc) is 2.63. The molecule has 1 saturated heterocycles. The number of carbonyl (C=O) groups is 1. The molecule has 2 aromatic rings. The number of sulfonamides is 1. The molecule has 0 aromatic heterocycles. The first-order valence-corrected chi connectivity index (χ1v) is 11.5. The van der Waals surface area contributed by atoms with E-state index in [1.54, 1.807) is 0 Å². The monoisotopic (exact) mass is 414 g/mol. The fourth-order valence-electron chi connectivity index (χ4n) is 4.27. The molecule has 29 heavy (non-hydrogen) atoms. The van der Waals surface area contributed by atoms with Gasteiger partial charge in [-0.1, -0.05) is 35.4 Å². The SMILES string of the molecule is Cc1ccc(NC(=O)[C@@H]2CCCN(S(=O)(=O)c3c(C)cc(C)cc3C)C2)c(C)c1. The first-order valence-electron chi connectivity index (χ1n) is 10.1. The van der Waals surface area contributed by atoms with Gasteiger partial charge in [-0.25, -0.2) is 8.42 Å². The number of rotatable bonds is 4. The summed E-state index contributed by atoms with van der Waals surface area (Å²) in [5.74, 6) is -0.473. The van der Waals surface area contributed by atoms with Crippen LogP contribution in [-0.4, -0.2) is 31.7 Å². The van der Waals surface area contributed by atoms with Gasteiger partial charge in [0.1, 0.15) is 0 Å². The molecular weight excluding hydrogens is 384 g/mol. The predicted octanol–water partition coefficient (Wildman–Crippen LogP) is 4.27. The summed E-state index contributed by atoms with van der Waals surface area (Å²) in [5, 5.41) is 2.99. The zero-order valence-electron chi connectivity index (χ0n) is 17.9. The summed E-state index contributed by atoms with van der Waals surface area (Å²) in [4.78, 5) is 13.2. The molecule has 1 N–H and O–H groups in total. The summed E-state index contributed by atoms with van der Waals surface area (Å²) in [6, 6.07) is 9.68. The normalized spacial score (nSPS) is 17.9. The topological polar surface area (TPSA) is 66.5 Å². The van der Waals surface area contributed by atoms with Gasteiger partial charge in [-0.15, -0.1) is 0 Å². The second kappa shape index (κ2) is 8.28. The summed E-state index contributed by atoms with van der Waals surface area (Å²) in [6.07, 6.45) is 1.36. The van der Waals surface area contributed by atoms with Crippen LogP contribution in [0.15, 0.2) is 35.2 Å². The zero-order chi connectivity index (χ0) is 21.3. The molecule has 156 valence electrons. The van der Waals surface area contributed by atoms with E-state index in [0.29, 0.717) is 24.3 Å². The van der Waals surface area contributed by atoms with E-state index in [-0.39, 0.29) is 18.4 Å². The van der Waals surface area contributed by atoms with Crippen molar-refractivity contribution in [1.82, 2.24) is 4.31 Å². The zero-order valence-corrected chi connectivity index (χ0v) is 18.7. The molecule has 0 saturated carbocycles. The predicted molar refractivity (Wildman–Crippen MR) is 117 cm³/mol. The highest BCUT2D eigenvalue weighted by atomic mass is 32.2. The molecule has 1 heterocycles. The lowest BCUT2D eigenvalue weighted by atomic mass is 9.98. The molecule has 0 aliphatic carbocycles. The summed E-state index contributed by atoms with van der Waals surface area (Å²) < 4.78 is 28.2.